The van der Waals surface area contributed by atoms with Crippen molar-refractivity contribution in [1.29, 1.82) is 0 Å². The fourth-order valence-corrected chi connectivity index (χ4v) is 1.69. The molecule has 1 heterocycles. The number of carbonyl (C=O) groups excluding carboxylic acids is 1. The molecule has 7 nitrogen and oxygen atoms in total. The zero-order chi connectivity index (χ0) is 12.9. The van der Waals surface area contributed by atoms with Crippen LogP contribution in [0.4, 0.5) is 0 Å². The third-order valence-corrected chi connectivity index (χ3v) is 2.77. The van der Waals surface area contributed by atoms with E-state index in [9.17, 15) is 13.2 Å². The Hall–Kier alpha value is -1.38. The zero-order valence-electron chi connectivity index (χ0n) is 9.18. The molecule has 0 aliphatic carbocycles. The lowest BCUT2D eigenvalue weighted by Crippen LogP contribution is -2.18. The molecule has 0 saturated heterocycles. The number of nitrogens with two attached hydrogens (primary N) is 2. The maximum Gasteiger partial charge on any atom is 0.271 e. The standard InChI is InChI=1S/C9H15N3O4S/c10-8(13)2-1-5-12-6-7-3-4-9(16-7)17(11,14)15/h3-4,12H,1-2,5-6H2,(H2,10,13)(H2,11,14,15). The zero-order valence-corrected chi connectivity index (χ0v) is 10.00. The topological polar surface area (TPSA) is 128 Å². The second kappa shape index (κ2) is 5.80. The van der Waals surface area contributed by atoms with Gasteiger partial charge in [-0.2, -0.15) is 0 Å². The highest BCUT2D eigenvalue weighted by atomic mass is 32.2. The van der Waals surface area contributed by atoms with E-state index in [1.54, 1.807) is 0 Å². The van der Waals surface area contributed by atoms with Crippen molar-refractivity contribution in [2.45, 2.75) is 24.5 Å². The molecule has 0 aliphatic rings. The van der Waals surface area contributed by atoms with Crippen LogP contribution >= 0.6 is 0 Å². The van der Waals surface area contributed by atoms with Crippen molar-refractivity contribution >= 4 is 15.9 Å². The van der Waals surface area contributed by atoms with Gasteiger partial charge in [0.2, 0.25) is 11.0 Å². The van der Waals surface area contributed by atoms with Crippen LogP contribution in [-0.4, -0.2) is 20.9 Å². The highest BCUT2D eigenvalue weighted by Crippen LogP contribution is 2.11. The van der Waals surface area contributed by atoms with Crippen molar-refractivity contribution in [3.63, 3.8) is 0 Å². The first kappa shape index (κ1) is 13.7. The number of hydrogen-bond donors (Lipinski definition) is 3. The van der Waals surface area contributed by atoms with Crippen LogP contribution in [0.5, 0.6) is 0 Å². The quantitative estimate of drug-likeness (QED) is 0.558. The lowest BCUT2D eigenvalue weighted by Gasteiger charge is -2.00. The Labute approximate surface area is 99.2 Å². The number of sulfonamides is 1. The molecule has 0 aromatic carbocycles. The van der Waals surface area contributed by atoms with E-state index in [1.807, 2.05) is 0 Å². The van der Waals surface area contributed by atoms with Gasteiger partial charge < -0.3 is 15.5 Å². The van der Waals surface area contributed by atoms with Gasteiger partial charge >= 0.3 is 0 Å². The van der Waals surface area contributed by atoms with Gasteiger partial charge in [0, 0.05) is 6.42 Å². The van der Waals surface area contributed by atoms with E-state index in [-0.39, 0.29) is 11.0 Å². The maximum absolute atomic E-state index is 10.9. The van der Waals surface area contributed by atoms with Crippen LogP contribution in [0.2, 0.25) is 0 Å². The monoisotopic (exact) mass is 261 g/mol. The summed E-state index contributed by atoms with van der Waals surface area (Å²) in [6, 6.07) is 2.83. The van der Waals surface area contributed by atoms with Crippen LogP contribution in [0.25, 0.3) is 0 Å². The van der Waals surface area contributed by atoms with Gasteiger partial charge in [-0.1, -0.05) is 0 Å². The van der Waals surface area contributed by atoms with E-state index in [1.165, 1.54) is 12.1 Å². The summed E-state index contributed by atoms with van der Waals surface area (Å²) in [6.07, 6.45) is 0.936. The van der Waals surface area contributed by atoms with Crippen molar-refractivity contribution in [3.05, 3.63) is 17.9 Å². The van der Waals surface area contributed by atoms with E-state index < -0.39 is 10.0 Å². The summed E-state index contributed by atoms with van der Waals surface area (Å²) in [5.74, 6) is 0.120. The summed E-state index contributed by atoms with van der Waals surface area (Å²) in [7, 11) is -3.78. The number of primary amides is 1. The van der Waals surface area contributed by atoms with Gasteiger partial charge in [0.05, 0.1) is 6.54 Å². The normalized spacial score (nSPS) is 11.6. The smallest absolute Gasteiger partial charge is 0.271 e. The van der Waals surface area contributed by atoms with E-state index >= 15 is 0 Å². The molecule has 8 heteroatoms. The molecule has 1 aromatic heterocycles. The molecule has 0 atom stereocenters. The summed E-state index contributed by atoms with van der Waals surface area (Å²) in [6.45, 7) is 0.961. The number of furan rings is 1. The SMILES string of the molecule is NC(=O)CCCNCc1ccc(S(N)(=O)=O)o1. The molecule has 17 heavy (non-hydrogen) atoms. The number of rotatable bonds is 7. The number of nitrogens with one attached hydrogen (secondary N) is 1. The van der Waals surface area contributed by atoms with Crippen molar-refractivity contribution in [2.75, 3.05) is 6.54 Å². The molecule has 0 bridgehead atoms. The second-order valence-corrected chi connectivity index (χ2v) is 5.00. The van der Waals surface area contributed by atoms with Gasteiger partial charge in [-0.15, -0.1) is 0 Å². The van der Waals surface area contributed by atoms with E-state index in [4.69, 9.17) is 15.3 Å². The third-order valence-electron chi connectivity index (χ3n) is 1.99. The number of hydrogen-bond acceptors (Lipinski definition) is 5. The Bertz CT molecular complexity index is 480. The fourth-order valence-electron chi connectivity index (χ4n) is 1.21. The lowest BCUT2D eigenvalue weighted by atomic mass is 10.3. The van der Waals surface area contributed by atoms with E-state index in [2.05, 4.69) is 5.32 Å². The molecule has 0 spiro atoms. The lowest BCUT2D eigenvalue weighted by molar-refractivity contribution is -0.118. The largest absolute Gasteiger partial charge is 0.447 e. The molecule has 0 saturated carbocycles. The Morgan fingerprint density at radius 1 is 1.41 bits per heavy atom. The van der Waals surface area contributed by atoms with Gasteiger partial charge in [-0.05, 0) is 25.1 Å². The van der Waals surface area contributed by atoms with E-state index in [0.29, 0.717) is 31.7 Å². The summed E-state index contributed by atoms with van der Waals surface area (Å²) >= 11 is 0. The molecule has 0 unspecified atom stereocenters. The molecular weight excluding hydrogens is 246 g/mol. The molecule has 1 aromatic rings. The van der Waals surface area contributed by atoms with Gasteiger partial charge in [-0.3, -0.25) is 4.79 Å². The molecule has 5 N–H and O–H groups in total. The van der Waals surface area contributed by atoms with Crippen molar-refractivity contribution in [1.82, 2.24) is 5.32 Å². The summed E-state index contributed by atoms with van der Waals surface area (Å²) < 4.78 is 26.8. The number of carbonyl (C=O) groups is 1. The van der Waals surface area contributed by atoms with Gasteiger partial charge in [-0.25, -0.2) is 13.6 Å². The highest BCUT2D eigenvalue weighted by Gasteiger charge is 2.12. The number of amides is 1. The first-order valence-electron chi connectivity index (χ1n) is 5.00. The predicted octanol–water partition coefficient (Wildman–Crippen LogP) is -0.718. The minimum Gasteiger partial charge on any atom is -0.447 e. The second-order valence-electron chi connectivity index (χ2n) is 3.51. The molecule has 0 fully saturated rings. The van der Waals surface area contributed by atoms with Crippen LogP contribution in [-0.2, 0) is 21.4 Å². The number of primary sulfonamides is 1. The van der Waals surface area contributed by atoms with Gasteiger partial charge in [0.1, 0.15) is 5.76 Å². The fraction of sp³-hybridized carbons (Fsp3) is 0.444. The summed E-state index contributed by atoms with van der Waals surface area (Å²) in [5, 5.41) is 7.61. The highest BCUT2D eigenvalue weighted by molar-refractivity contribution is 7.89. The molecule has 0 radical (unpaired) electrons. The van der Waals surface area contributed by atoms with Crippen molar-refractivity contribution in [3.8, 4) is 0 Å². The Morgan fingerprint density at radius 3 is 2.65 bits per heavy atom. The average Bonchev–Trinajstić information content (AvgIpc) is 2.64. The Morgan fingerprint density at radius 2 is 2.12 bits per heavy atom. The first-order valence-corrected chi connectivity index (χ1v) is 6.55. The Balaban J connectivity index is 2.33. The molecule has 1 amide bonds. The van der Waals surface area contributed by atoms with Crippen LogP contribution < -0.4 is 16.2 Å². The van der Waals surface area contributed by atoms with Crippen molar-refractivity contribution in [2.24, 2.45) is 10.9 Å². The van der Waals surface area contributed by atoms with E-state index in [0.717, 1.165) is 0 Å². The molecule has 96 valence electrons. The molecule has 0 aliphatic heterocycles. The minimum absolute atomic E-state index is 0.258. The first-order chi connectivity index (χ1) is 7.89. The Kier molecular flexibility index (Phi) is 4.67. The maximum atomic E-state index is 10.9. The predicted molar refractivity (Wildman–Crippen MR) is 60.2 cm³/mol. The van der Waals surface area contributed by atoms with Gasteiger partial charge in [0.15, 0.2) is 0 Å². The summed E-state index contributed by atoms with van der Waals surface area (Å²) in [4.78, 5) is 10.4. The molecular formula is C9H15N3O4S. The van der Waals surface area contributed by atoms with Crippen LogP contribution in [0.15, 0.2) is 21.6 Å². The minimum atomic E-state index is -3.78. The van der Waals surface area contributed by atoms with Crippen molar-refractivity contribution < 1.29 is 17.6 Å². The van der Waals surface area contributed by atoms with Crippen LogP contribution in [0.3, 0.4) is 0 Å². The van der Waals surface area contributed by atoms with Gasteiger partial charge in [0.25, 0.3) is 10.0 Å². The van der Waals surface area contributed by atoms with Crippen LogP contribution in [0.1, 0.15) is 18.6 Å². The average molecular weight is 261 g/mol. The summed E-state index contributed by atoms with van der Waals surface area (Å²) in [5.41, 5.74) is 4.97. The third kappa shape index (κ3) is 4.98. The molecule has 1 rings (SSSR count). The van der Waals surface area contributed by atoms with Crippen LogP contribution in [0, 0.1) is 0 Å².